The van der Waals surface area contributed by atoms with E-state index < -0.39 is 0 Å². The Morgan fingerprint density at radius 2 is 1.68 bits per heavy atom. The van der Waals surface area contributed by atoms with Crippen molar-refractivity contribution in [1.29, 1.82) is 0 Å². The van der Waals surface area contributed by atoms with Crippen molar-refractivity contribution in [3.8, 4) is 16.9 Å². The molecule has 3 aromatic carbocycles. The Bertz CT molecular complexity index is 1530. The summed E-state index contributed by atoms with van der Waals surface area (Å²) in [7, 11) is 0. The van der Waals surface area contributed by atoms with Crippen molar-refractivity contribution in [2.24, 2.45) is 0 Å². The number of para-hydroxylation sites is 1. The Morgan fingerprint density at radius 3 is 2.32 bits per heavy atom. The van der Waals surface area contributed by atoms with Gasteiger partial charge in [-0.1, -0.05) is 79.9 Å². The van der Waals surface area contributed by atoms with Crippen molar-refractivity contribution < 1.29 is 4.79 Å². The van der Waals surface area contributed by atoms with Crippen LogP contribution in [0.4, 0.5) is 0 Å². The molecule has 1 unspecified atom stereocenters. The molecule has 0 aliphatic carbocycles. The van der Waals surface area contributed by atoms with Gasteiger partial charge in [-0.25, -0.2) is 14.3 Å². The second-order valence-electron chi connectivity index (χ2n) is 8.39. The number of aromatic nitrogens is 5. The predicted octanol–water partition coefficient (Wildman–Crippen LogP) is 6.85. The van der Waals surface area contributed by atoms with Crippen LogP contribution in [0.15, 0.2) is 94.4 Å². The molecule has 37 heavy (non-hydrogen) atoms. The molecule has 1 atom stereocenters. The zero-order valence-corrected chi connectivity index (χ0v) is 23.6. The summed E-state index contributed by atoms with van der Waals surface area (Å²) in [4.78, 5) is 17.8. The molecule has 0 saturated heterocycles. The van der Waals surface area contributed by atoms with Crippen LogP contribution in [0.25, 0.3) is 16.9 Å². The highest BCUT2D eigenvalue weighted by Crippen LogP contribution is 2.33. The fourth-order valence-corrected chi connectivity index (χ4v) is 4.81. The molecular formula is C27H21Br2ClN6O. The lowest BCUT2D eigenvalue weighted by atomic mass is 10.0. The summed E-state index contributed by atoms with van der Waals surface area (Å²) in [5.41, 5.74) is 4.27. The first-order valence-corrected chi connectivity index (χ1v) is 13.4. The molecule has 0 saturated carbocycles. The number of hydrogen-bond donors (Lipinski definition) is 1. The van der Waals surface area contributed by atoms with Crippen LogP contribution in [-0.4, -0.2) is 30.5 Å². The molecule has 10 heteroatoms. The van der Waals surface area contributed by atoms with Crippen molar-refractivity contribution in [2.45, 2.75) is 19.5 Å². The van der Waals surface area contributed by atoms with Crippen LogP contribution in [0.2, 0.25) is 5.02 Å². The molecule has 0 aliphatic rings. The molecule has 0 spiro atoms. The summed E-state index contributed by atoms with van der Waals surface area (Å²) >= 11 is 13.6. The molecule has 0 aliphatic heterocycles. The van der Waals surface area contributed by atoms with Crippen molar-refractivity contribution in [3.05, 3.63) is 116 Å². The Labute approximate surface area is 235 Å². The summed E-state index contributed by atoms with van der Waals surface area (Å²) in [5, 5.41) is 12.7. The highest BCUT2D eigenvalue weighted by molar-refractivity contribution is 9.10. The van der Waals surface area contributed by atoms with E-state index in [-0.39, 0.29) is 17.6 Å². The molecule has 0 radical (unpaired) electrons. The van der Waals surface area contributed by atoms with Gasteiger partial charge in [0.05, 0.1) is 29.0 Å². The van der Waals surface area contributed by atoms with Gasteiger partial charge in [-0.05, 0) is 48.9 Å². The highest BCUT2D eigenvalue weighted by Gasteiger charge is 2.27. The SMILES string of the molecule is CC(NC(=O)c1nn(-c2ccccc2Cl)c(-c2ccc(Br)cc2)c1Cn1cncn1)c1ccc(Br)cc1. The normalized spacial score (nSPS) is 11.9. The summed E-state index contributed by atoms with van der Waals surface area (Å²) in [6.45, 7) is 2.24. The molecule has 2 aromatic heterocycles. The van der Waals surface area contributed by atoms with Crippen LogP contribution in [0.3, 0.4) is 0 Å². The van der Waals surface area contributed by atoms with Gasteiger partial charge in [0.2, 0.25) is 0 Å². The lowest BCUT2D eigenvalue weighted by molar-refractivity contribution is 0.0933. The van der Waals surface area contributed by atoms with Gasteiger partial charge in [0.15, 0.2) is 5.69 Å². The van der Waals surface area contributed by atoms with Crippen molar-refractivity contribution in [3.63, 3.8) is 0 Å². The number of amides is 1. The monoisotopic (exact) mass is 638 g/mol. The quantitative estimate of drug-likeness (QED) is 0.211. The Morgan fingerprint density at radius 1 is 1.00 bits per heavy atom. The number of carbonyl (C=O) groups excluding carboxylic acids is 1. The van der Waals surface area contributed by atoms with Crippen molar-refractivity contribution in [1.82, 2.24) is 29.9 Å². The van der Waals surface area contributed by atoms with Gasteiger partial charge in [-0.2, -0.15) is 10.2 Å². The standard InChI is InChI=1S/C27H21Br2ClN6O/c1-17(18-6-10-20(28)11-7-18)33-27(37)25-22(14-35-16-31-15-32-35)26(19-8-12-21(29)13-9-19)36(34-25)24-5-3-2-4-23(24)30/h2-13,15-17H,14H2,1H3,(H,33,37). The smallest absolute Gasteiger partial charge is 0.272 e. The van der Waals surface area contributed by atoms with Crippen LogP contribution in [0.5, 0.6) is 0 Å². The maximum atomic E-state index is 13.7. The average molecular weight is 641 g/mol. The van der Waals surface area contributed by atoms with E-state index in [0.717, 1.165) is 25.8 Å². The third-order valence-corrected chi connectivity index (χ3v) is 7.28. The van der Waals surface area contributed by atoms with Gasteiger partial charge < -0.3 is 5.32 Å². The molecule has 1 N–H and O–H groups in total. The number of nitrogens with zero attached hydrogens (tertiary/aromatic N) is 5. The van der Waals surface area contributed by atoms with Crippen LogP contribution >= 0.6 is 43.5 Å². The maximum Gasteiger partial charge on any atom is 0.272 e. The van der Waals surface area contributed by atoms with Crippen molar-refractivity contribution in [2.75, 3.05) is 0 Å². The van der Waals surface area contributed by atoms with Crippen molar-refractivity contribution >= 4 is 49.4 Å². The van der Waals surface area contributed by atoms with E-state index in [2.05, 4.69) is 47.3 Å². The maximum absolute atomic E-state index is 13.7. The van der Waals surface area contributed by atoms with Gasteiger partial charge in [0.25, 0.3) is 5.91 Å². The van der Waals surface area contributed by atoms with E-state index in [4.69, 9.17) is 16.7 Å². The molecule has 0 fully saturated rings. The Hall–Kier alpha value is -3.27. The van der Waals surface area contributed by atoms with E-state index in [1.165, 1.54) is 6.33 Å². The second kappa shape index (κ2) is 11.0. The van der Waals surface area contributed by atoms with Gasteiger partial charge in [0, 0.05) is 20.1 Å². The van der Waals surface area contributed by atoms with E-state index >= 15 is 0 Å². The van der Waals surface area contributed by atoms with Gasteiger partial charge >= 0.3 is 0 Å². The fraction of sp³-hybridized carbons (Fsp3) is 0.111. The number of rotatable bonds is 7. The molecular weight excluding hydrogens is 620 g/mol. The topological polar surface area (TPSA) is 77.6 Å². The van der Waals surface area contributed by atoms with Gasteiger partial charge in [-0.15, -0.1) is 0 Å². The predicted molar refractivity (Wildman–Crippen MR) is 151 cm³/mol. The second-order valence-corrected chi connectivity index (χ2v) is 10.6. The lowest BCUT2D eigenvalue weighted by Gasteiger charge is -2.14. The fourth-order valence-electron chi connectivity index (χ4n) is 4.06. The number of nitrogens with one attached hydrogen (secondary N) is 1. The van der Waals surface area contributed by atoms with Gasteiger partial charge in [-0.3, -0.25) is 4.79 Å². The van der Waals surface area contributed by atoms with Crippen LogP contribution < -0.4 is 5.32 Å². The molecule has 0 bridgehead atoms. The molecule has 2 heterocycles. The molecule has 5 rings (SSSR count). The number of halogens is 3. The van der Waals surface area contributed by atoms with Crippen LogP contribution in [-0.2, 0) is 6.54 Å². The number of benzene rings is 3. The Balaban J connectivity index is 1.66. The Kier molecular flexibility index (Phi) is 7.55. The third-order valence-electron chi connectivity index (χ3n) is 5.90. The minimum atomic E-state index is -0.297. The minimum Gasteiger partial charge on any atom is -0.344 e. The summed E-state index contributed by atoms with van der Waals surface area (Å²) in [5.74, 6) is -0.297. The van der Waals surface area contributed by atoms with E-state index in [9.17, 15) is 4.79 Å². The largest absolute Gasteiger partial charge is 0.344 e. The summed E-state index contributed by atoms with van der Waals surface area (Å²) < 4.78 is 5.32. The zero-order chi connectivity index (χ0) is 25.9. The van der Waals surface area contributed by atoms with Crippen LogP contribution in [0, 0.1) is 0 Å². The molecule has 7 nitrogen and oxygen atoms in total. The first-order chi connectivity index (χ1) is 17.9. The minimum absolute atomic E-state index is 0.235. The summed E-state index contributed by atoms with van der Waals surface area (Å²) in [6.07, 6.45) is 3.08. The lowest BCUT2D eigenvalue weighted by Crippen LogP contribution is -2.28. The highest BCUT2D eigenvalue weighted by atomic mass is 79.9. The number of hydrogen-bond acceptors (Lipinski definition) is 4. The van der Waals surface area contributed by atoms with E-state index in [0.29, 0.717) is 22.8 Å². The van der Waals surface area contributed by atoms with E-state index in [1.54, 1.807) is 21.8 Å². The first kappa shape index (κ1) is 25.4. The van der Waals surface area contributed by atoms with E-state index in [1.807, 2.05) is 73.7 Å². The summed E-state index contributed by atoms with van der Waals surface area (Å²) in [6, 6.07) is 22.9. The third kappa shape index (κ3) is 5.53. The molecule has 186 valence electrons. The molecule has 1 amide bonds. The van der Waals surface area contributed by atoms with Gasteiger partial charge in [0.1, 0.15) is 12.7 Å². The van der Waals surface area contributed by atoms with Crippen LogP contribution in [0.1, 0.15) is 34.6 Å². The average Bonchev–Trinajstić information content (AvgIpc) is 3.54. The zero-order valence-electron chi connectivity index (χ0n) is 19.6. The number of carbonyl (C=O) groups is 1. The molecule has 5 aromatic rings. The first-order valence-electron chi connectivity index (χ1n) is 11.4.